The molecule has 1 aromatic carbocycles. The van der Waals surface area contributed by atoms with Gasteiger partial charge >= 0.3 is 5.97 Å². The zero-order chi connectivity index (χ0) is 12.8. The van der Waals surface area contributed by atoms with Gasteiger partial charge in [-0.3, -0.25) is 9.80 Å². The Balaban J connectivity index is 2.82. The number of hydrogen-bond acceptors (Lipinski definition) is 4. The fourth-order valence-corrected chi connectivity index (χ4v) is 1.26. The molecule has 17 heavy (non-hydrogen) atoms. The van der Waals surface area contributed by atoms with Crippen molar-refractivity contribution in [1.29, 1.82) is 0 Å². The molecule has 0 unspecified atom stereocenters. The van der Waals surface area contributed by atoms with Crippen LogP contribution < -0.4 is 4.74 Å². The number of nitrogens with zero attached hydrogens (tertiary/aromatic N) is 3. The van der Waals surface area contributed by atoms with Gasteiger partial charge in [0.05, 0.1) is 7.11 Å². The van der Waals surface area contributed by atoms with E-state index in [-0.39, 0.29) is 6.54 Å². The summed E-state index contributed by atoms with van der Waals surface area (Å²) in [4.78, 5) is 10.4. The van der Waals surface area contributed by atoms with Gasteiger partial charge < -0.3 is 9.84 Å². The van der Waals surface area contributed by atoms with Crippen LogP contribution in [0.5, 0.6) is 5.75 Å². The molecular weight excluding hydrogens is 246 g/mol. The van der Waals surface area contributed by atoms with E-state index in [4.69, 9.17) is 21.4 Å². The van der Waals surface area contributed by atoms with Crippen LogP contribution in [-0.4, -0.2) is 36.8 Å². The van der Waals surface area contributed by atoms with E-state index in [0.29, 0.717) is 16.5 Å². The summed E-state index contributed by atoms with van der Waals surface area (Å²) in [6.45, 7) is -0.230. The summed E-state index contributed by atoms with van der Waals surface area (Å²) < 4.78 is 5.07. The number of aliphatic carboxylic acids is 1. The minimum Gasteiger partial charge on any atom is -0.494 e. The van der Waals surface area contributed by atoms with Crippen LogP contribution in [0.3, 0.4) is 0 Å². The van der Waals surface area contributed by atoms with Crippen molar-refractivity contribution in [3.63, 3.8) is 0 Å². The number of likely N-dealkylation sites (N-methyl/N-ethyl adjacent to an activating group) is 1. The van der Waals surface area contributed by atoms with Crippen molar-refractivity contribution >= 4 is 23.3 Å². The Morgan fingerprint density at radius 2 is 2.29 bits per heavy atom. The molecule has 0 aliphatic heterocycles. The fourth-order valence-electron chi connectivity index (χ4n) is 1.09. The predicted octanol–water partition coefficient (Wildman–Crippen LogP) is 2.36. The zero-order valence-corrected chi connectivity index (χ0v) is 10.2. The molecule has 0 radical (unpaired) electrons. The summed E-state index contributed by atoms with van der Waals surface area (Å²) in [6.07, 6.45) is 0. The molecule has 0 fully saturated rings. The van der Waals surface area contributed by atoms with Gasteiger partial charge in [0.15, 0.2) is 0 Å². The van der Waals surface area contributed by atoms with Gasteiger partial charge in [0.2, 0.25) is 0 Å². The van der Waals surface area contributed by atoms with Crippen molar-refractivity contribution in [3.8, 4) is 5.75 Å². The first-order valence-corrected chi connectivity index (χ1v) is 5.09. The average Bonchev–Trinajstić information content (AvgIpc) is 2.25. The monoisotopic (exact) mass is 257 g/mol. The molecule has 92 valence electrons. The maximum Gasteiger partial charge on any atom is 0.324 e. The lowest BCUT2D eigenvalue weighted by atomic mass is 10.3. The first-order valence-electron chi connectivity index (χ1n) is 4.71. The average molecular weight is 258 g/mol. The van der Waals surface area contributed by atoms with E-state index in [1.165, 1.54) is 19.2 Å². The first-order chi connectivity index (χ1) is 8.02. The summed E-state index contributed by atoms with van der Waals surface area (Å²) in [5.74, 6) is -0.466. The predicted molar refractivity (Wildman–Crippen MR) is 62.8 cm³/mol. The fraction of sp³-hybridized carbons (Fsp3) is 0.300. The van der Waals surface area contributed by atoms with Crippen molar-refractivity contribution in [2.24, 2.45) is 10.3 Å². The van der Waals surface area contributed by atoms with Gasteiger partial charge in [-0.15, -0.1) is 5.11 Å². The molecule has 0 aliphatic rings. The summed E-state index contributed by atoms with van der Waals surface area (Å²) >= 11 is 5.81. The highest BCUT2D eigenvalue weighted by molar-refractivity contribution is 6.30. The number of carboxylic acids is 1. The lowest BCUT2D eigenvalue weighted by molar-refractivity contribution is -0.138. The largest absolute Gasteiger partial charge is 0.494 e. The SMILES string of the molecule is COc1ccc(Cl)cc1N=NN(C)CC(=O)O. The number of benzene rings is 1. The van der Waals surface area contributed by atoms with Crippen molar-refractivity contribution in [2.45, 2.75) is 0 Å². The standard InChI is InChI=1S/C10H12ClN3O3/c1-14(6-10(15)16)13-12-8-5-7(11)3-4-9(8)17-2/h3-5H,6H2,1-2H3,(H,15,16). The van der Waals surface area contributed by atoms with Crippen molar-refractivity contribution in [1.82, 2.24) is 5.01 Å². The van der Waals surface area contributed by atoms with Crippen LogP contribution >= 0.6 is 11.6 Å². The number of ether oxygens (including phenoxy) is 1. The van der Waals surface area contributed by atoms with Gasteiger partial charge in [-0.1, -0.05) is 16.8 Å². The molecule has 1 N–H and O–H groups in total. The third kappa shape index (κ3) is 4.28. The highest BCUT2D eigenvalue weighted by Crippen LogP contribution is 2.30. The maximum atomic E-state index is 10.4. The van der Waals surface area contributed by atoms with E-state index in [9.17, 15) is 4.79 Å². The van der Waals surface area contributed by atoms with Crippen molar-refractivity contribution in [2.75, 3.05) is 20.7 Å². The lowest BCUT2D eigenvalue weighted by Gasteiger charge is -2.08. The third-order valence-electron chi connectivity index (χ3n) is 1.81. The van der Waals surface area contributed by atoms with E-state index in [0.717, 1.165) is 0 Å². The van der Waals surface area contributed by atoms with Crippen LogP contribution in [-0.2, 0) is 4.79 Å². The van der Waals surface area contributed by atoms with E-state index in [1.807, 2.05) is 0 Å². The van der Waals surface area contributed by atoms with Crippen LogP contribution in [0.1, 0.15) is 0 Å². The van der Waals surface area contributed by atoms with Gasteiger partial charge in [0, 0.05) is 12.1 Å². The van der Waals surface area contributed by atoms with Gasteiger partial charge in [0.1, 0.15) is 18.0 Å². The third-order valence-corrected chi connectivity index (χ3v) is 2.05. The Bertz CT molecular complexity index is 437. The van der Waals surface area contributed by atoms with E-state index >= 15 is 0 Å². The molecule has 0 bridgehead atoms. The summed E-state index contributed by atoms with van der Waals surface area (Å²) in [5, 5.41) is 17.8. The van der Waals surface area contributed by atoms with Crippen LogP contribution in [0.15, 0.2) is 28.5 Å². The Morgan fingerprint density at radius 3 is 2.88 bits per heavy atom. The van der Waals surface area contributed by atoms with Gasteiger partial charge in [0.25, 0.3) is 0 Å². The molecule has 1 aromatic rings. The van der Waals surface area contributed by atoms with E-state index in [2.05, 4.69) is 10.3 Å². The topological polar surface area (TPSA) is 74.5 Å². The van der Waals surface area contributed by atoms with Gasteiger partial charge in [-0.2, -0.15) is 0 Å². The molecule has 0 aromatic heterocycles. The zero-order valence-electron chi connectivity index (χ0n) is 9.42. The summed E-state index contributed by atoms with van der Waals surface area (Å²) in [7, 11) is 3.01. The van der Waals surface area contributed by atoms with Gasteiger partial charge in [-0.25, -0.2) is 0 Å². The second kappa shape index (κ2) is 6.05. The molecule has 0 spiro atoms. The Labute approximate surface area is 103 Å². The number of carbonyl (C=O) groups is 1. The molecule has 0 saturated carbocycles. The van der Waals surface area contributed by atoms with Crippen LogP contribution in [0.2, 0.25) is 5.02 Å². The summed E-state index contributed by atoms with van der Waals surface area (Å²) in [5.41, 5.74) is 0.442. The smallest absolute Gasteiger partial charge is 0.324 e. The Kier molecular flexibility index (Phi) is 4.71. The van der Waals surface area contributed by atoms with Gasteiger partial charge in [-0.05, 0) is 18.2 Å². The minimum atomic E-state index is -0.982. The molecule has 0 heterocycles. The maximum absolute atomic E-state index is 10.4. The second-order valence-corrected chi connectivity index (χ2v) is 3.65. The normalized spacial score (nSPS) is 10.5. The highest BCUT2D eigenvalue weighted by Gasteiger charge is 2.04. The number of methoxy groups -OCH3 is 1. The molecular formula is C10H12ClN3O3. The molecule has 0 aliphatic carbocycles. The lowest BCUT2D eigenvalue weighted by Crippen LogP contribution is -2.19. The Hall–Kier alpha value is -1.82. The second-order valence-electron chi connectivity index (χ2n) is 3.22. The van der Waals surface area contributed by atoms with Crippen molar-refractivity contribution < 1.29 is 14.6 Å². The molecule has 0 saturated heterocycles. The Morgan fingerprint density at radius 1 is 1.59 bits per heavy atom. The van der Waals surface area contributed by atoms with E-state index < -0.39 is 5.97 Å². The summed E-state index contributed by atoms with van der Waals surface area (Å²) in [6, 6.07) is 4.91. The molecule has 7 heteroatoms. The number of halogens is 1. The minimum absolute atomic E-state index is 0.230. The number of hydrogen-bond donors (Lipinski definition) is 1. The molecule has 0 amide bonds. The number of carboxylic acid groups (broad SMARTS) is 1. The van der Waals surface area contributed by atoms with Crippen LogP contribution in [0, 0.1) is 0 Å². The van der Waals surface area contributed by atoms with Crippen molar-refractivity contribution in [3.05, 3.63) is 23.2 Å². The van der Waals surface area contributed by atoms with Crippen LogP contribution in [0.25, 0.3) is 0 Å². The molecule has 6 nitrogen and oxygen atoms in total. The molecule has 0 atom stereocenters. The van der Waals surface area contributed by atoms with Crippen LogP contribution in [0.4, 0.5) is 5.69 Å². The highest BCUT2D eigenvalue weighted by atomic mass is 35.5. The number of rotatable bonds is 5. The quantitative estimate of drug-likeness (QED) is 0.649. The van der Waals surface area contributed by atoms with E-state index in [1.54, 1.807) is 18.2 Å². The molecule has 1 rings (SSSR count). The first kappa shape index (κ1) is 13.2.